The Balaban J connectivity index is 1.90. The molecule has 3 N–H and O–H groups in total. The molecular weight excluding hydrogens is 374 g/mol. The average Bonchev–Trinajstić information content (AvgIpc) is 2.68. The van der Waals surface area contributed by atoms with Crippen LogP contribution < -0.4 is 20.7 Å². The molecule has 0 unspecified atom stereocenters. The van der Waals surface area contributed by atoms with Crippen molar-refractivity contribution in [2.45, 2.75) is 27.2 Å². The van der Waals surface area contributed by atoms with Crippen LogP contribution in [-0.4, -0.2) is 23.5 Å². The van der Waals surface area contributed by atoms with Gasteiger partial charge in [-0.1, -0.05) is 20.8 Å². The van der Waals surface area contributed by atoms with Crippen LogP contribution in [0.2, 0.25) is 0 Å². The predicted octanol–water partition coefficient (Wildman–Crippen LogP) is 4.20. The number of rotatable bonds is 7. The molecule has 0 fully saturated rings. The molecular formula is C21H25N3O3S. The highest BCUT2D eigenvalue weighted by Gasteiger charge is 2.07. The lowest BCUT2D eigenvalue weighted by Crippen LogP contribution is -2.33. The van der Waals surface area contributed by atoms with Crippen molar-refractivity contribution in [3.8, 4) is 5.75 Å². The molecule has 148 valence electrons. The molecule has 0 aliphatic carbocycles. The van der Waals surface area contributed by atoms with Gasteiger partial charge in [0.25, 0.3) is 5.91 Å². The van der Waals surface area contributed by atoms with Gasteiger partial charge >= 0.3 is 0 Å². The zero-order valence-electron chi connectivity index (χ0n) is 16.2. The second-order valence-electron chi connectivity index (χ2n) is 6.62. The summed E-state index contributed by atoms with van der Waals surface area (Å²) in [6, 6.07) is 14.1. The van der Waals surface area contributed by atoms with E-state index in [1.165, 1.54) is 0 Å². The average molecular weight is 400 g/mol. The van der Waals surface area contributed by atoms with Crippen molar-refractivity contribution in [2.24, 2.45) is 5.92 Å². The first kappa shape index (κ1) is 21.4. The minimum Gasteiger partial charge on any atom is -0.493 e. The first-order chi connectivity index (χ1) is 13.4. The molecule has 6 nitrogen and oxygen atoms in total. The van der Waals surface area contributed by atoms with Gasteiger partial charge in [0.15, 0.2) is 5.11 Å². The quantitative estimate of drug-likeness (QED) is 0.608. The first-order valence-corrected chi connectivity index (χ1v) is 9.53. The minimum absolute atomic E-state index is 0.151. The van der Waals surface area contributed by atoms with E-state index in [0.717, 1.165) is 5.75 Å². The number of nitrogens with one attached hydrogen (secondary N) is 3. The van der Waals surface area contributed by atoms with Crippen molar-refractivity contribution in [2.75, 3.05) is 17.2 Å². The Morgan fingerprint density at radius 3 is 2.07 bits per heavy atom. The van der Waals surface area contributed by atoms with Crippen molar-refractivity contribution >= 4 is 40.5 Å². The number of amides is 2. The van der Waals surface area contributed by atoms with Gasteiger partial charge in [-0.15, -0.1) is 0 Å². The predicted molar refractivity (Wildman–Crippen MR) is 116 cm³/mol. The van der Waals surface area contributed by atoms with E-state index in [4.69, 9.17) is 17.0 Å². The third-order valence-electron chi connectivity index (χ3n) is 3.67. The van der Waals surface area contributed by atoms with Crippen molar-refractivity contribution in [3.63, 3.8) is 0 Å². The van der Waals surface area contributed by atoms with Crippen LogP contribution in [0.1, 0.15) is 37.6 Å². The molecule has 2 amide bonds. The van der Waals surface area contributed by atoms with E-state index in [1.54, 1.807) is 55.5 Å². The van der Waals surface area contributed by atoms with Gasteiger partial charge in [-0.25, -0.2) is 0 Å². The lowest BCUT2D eigenvalue weighted by atomic mass is 10.2. The van der Waals surface area contributed by atoms with Crippen molar-refractivity contribution in [1.82, 2.24) is 5.32 Å². The molecule has 0 heterocycles. The maximum Gasteiger partial charge on any atom is 0.255 e. The Hall–Kier alpha value is -2.93. The smallest absolute Gasteiger partial charge is 0.255 e. The molecule has 2 aromatic carbocycles. The van der Waals surface area contributed by atoms with Crippen LogP contribution >= 0.6 is 12.2 Å². The molecule has 0 saturated carbocycles. The second-order valence-corrected chi connectivity index (χ2v) is 7.02. The SMILES string of the molecule is CCC(=O)NC(=S)Nc1ccc(NC(=O)c2ccc(OCC(C)C)cc2)cc1. The number of anilines is 2. The summed E-state index contributed by atoms with van der Waals surface area (Å²) in [6.07, 6.45) is 0.359. The standard InChI is InChI=1S/C21H25N3O3S/c1-4-19(25)24-21(28)23-17-9-7-16(8-10-17)22-20(26)15-5-11-18(12-6-15)27-13-14(2)3/h5-12,14H,4,13H2,1-3H3,(H,22,26)(H2,23,24,25,28). The third-order valence-corrected chi connectivity index (χ3v) is 3.88. The van der Waals surface area contributed by atoms with E-state index < -0.39 is 0 Å². The van der Waals surface area contributed by atoms with Crippen LogP contribution in [0.15, 0.2) is 48.5 Å². The highest BCUT2D eigenvalue weighted by atomic mass is 32.1. The van der Waals surface area contributed by atoms with Crippen molar-refractivity contribution in [3.05, 3.63) is 54.1 Å². The monoisotopic (exact) mass is 399 g/mol. The molecule has 0 saturated heterocycles. The summed E-state index contributed by atoms with van der Waals surface area (Å²) in [5.41, 5.74) is 1.91. The zero-order chi connectivity index (χ0) is 20.5. The fourth-order valence-corrected chi connectivity index (χ4v) is 2.41. The Morgan fingerprint density at radius 1 is 0.964 bits per heavy atom. The number of ether oxygens (including phenoxy) is 1. The Bertz CT molecular complexity index is 818. The molecule has 0 atom stereocenters. The normalized spacial score (nSPS) is 10.3. The van der Waals surface area contributed by atoms with Crippen LogP contribution in [0, 0.1) is 5.92 Å². The van der Waals surface area contributed by atoms with Gasteiger partial charge in [-0.3, -0.25) is 9.59 Å². The number of hydrogen-bond acceptors (Lipinski definition) is 4. The van der Waals surface area contributed by atoms with Crippen LogP contribution in [0.3, 0.4) is 0 Å². The van der Waals surface area contributed by atoms with Gasteiger partial charge in [-0.2, -0.15) is 0 Å². The number of carbonyl (C=O) groups excluding carboxylic acids is 2. The van der Waals surface area contributed by atoms with Crippen molar-refractivity contribution < 1.29 is 14.3 Å². The van der Waals surface area contributed by atoms with Gasteiger partial charge in [0.2, 0.25) is 5.91 Å². The molecule has 0 aliphatic rings. The van der Waals surface area contributed by atoms with Crippen LogP contribution in [0.5, 0.6) is 5.75 Å². The largest absolute Gasteiger partial charge is 0.493 e. The Kier molecular flexibility index (Phi) is 7.95. The molecule has 0 spiro atoms. The molecule has 7 heteroatoms. The fraction of sp³-hybridized carbons (Fsp3) is 0.286. The molecule has 0 radical (unpaired) electrons. The lowest BCUT2D eigenvalue weighted by molar-refractivity contribution is -0.119. The first-order valence-electron chi connectivity index (χ1n) is 9.12. The summed E-state index contributed by atoms with van der Waals surface area (Å²) in [6.45, 7) is 6.55. The molecule has 2 rings (SSSR count). The van der Waals surface area contributed by atoms with E-state index >= 15 is 0 Å². The summed E-state index contributed by atoms with van der Waals surface area (Å²) in [4.78, 5) is 23.7. The summed E-state index contributed by atoms with van der Waals surface area (Å²) >= 11 is 5.07. The van der Waals surface area contributed by atoms with Crippen molar-refractivity contribution in [1.29, 1.82) is 0 Å². The van der Waals surface area contributed by atoms with E-state index in [9.17, 15) is 9.59 Å². The number of benzene rings is 2. The lowest BCUT2D eigenvalue weighted by Gasteiger charge is -2.11. The number of carbonyl (C=O) groups is 2. The Morgan fingerprint density at radius 2 is 1.54 bits per heavy atom. The van der Waals surface area contributed by atoms with E-state index in [2.05, 4.69) is 29.8 Å². The van der Waals surface area contributed by atoms with E-state index in [1.807, 2.05) is 0 Å². The van der Waals surface area contributed by atoms with Crippen LogP contribution in [0.4, 0.5) is 11.4 Å². The molecule has 0 aliphatic heterocycles. The second kappa shape index (κ2) is 10.4. The molecule has 0 aromatic heterocycles. The van der Waals surface area contributed by atoms with Crippen LogP contribution in [0.25, 0.3) is 0 Å². The van der Waals surface area contributed by atoms with Gasteiger partial charge in [0, 0.05) is 23.4 Å². The summed E-state index contributed by atoms with van der Waals surface area (Å²) in [7, 11) is 0. The molecule has 28 heavy (non-hydrogen) atoms. The van der Waals surface area contributed by atoms with Gasteiger partial charge in [0.05, 0.1) is 6.61 Å². The number of thiocarbonyl (C=S) groups is 1. The number of hydrogen-bond donors (Lipinski definition) is 3. The highest BCUT2D eigenvalue weighted by molar-refractivity contribution is 7.80. The fourth-order valence-electron chi connectivity index (χ4n) is 2.18. The van der Waals surface area contributed by atoms with Gasteiger partial charge in [0.1, 0.15) is 5.75 Å². The topological polar surface area (TPSA) is 79.5 Å². The van der Waals surface area contributed by atoms with Crippen LogP contribution in [-0.2, 0) is 4.79 Å². The summed E-state index contributed by atoms with van der Waals surface area (Å²) in [5.74, 6) is 0.827. The zero-order valence-corrected chi connectivity index (χ0v) is 17.1. The van der Waals surface area contributed by atoms with E-state index in [0.29, 0.717) is 35.9 Å². The minimum atomic E-state index is -0.207. The Labute approximate surface area is 170 Å². The summed E-state index contributed by atoms with van der Waals surface area (Å²) in [5, 5.41) is 8.56. The maximum atomic E-state index is 12.4. The van der Waals surface area contributed by atoms with E-state index in [-0.39, 0.29) is 16.9 Å². The van der Waals surface area contributed by atoms with Gasteiger partial charge in [-0.05, 0) is 66.7 Å². The summed E-state index contributed by atoms with van der Waals surface area (Å²) < 4.78 is 5.62. The van der Waals surface area contributed by atoms with Gasteiger partial charge < -0.3 is 20.7 Å². The third kappa shape index (κ3) is 7.00. The maximum absolute atomic E-state index is 12.4. The molecule has 0 bridgehead atoms. The highest BCUT2D eigenvalue weighted by Crippen LogP contribution is 2.17. The molecule has 2 aromatic rings.